The third-order valence-electron chi connectivity index (χ3n) is 6.71. The van der Waals surface area contributed by atoms with Crippen LogP contribution in [-0.2, 0) is 4.57 Å². The maximum atomic E-state index is 15.5. The Labute approximate surface area is 214 Å². The molecule has 0 spiro atoms. The molecule has 36 heavy (non-hydrogen) atoms. The molecule has 0 radical (unpaired) electrons. The Morgan fingerprint density at radius 1 is 0.750 bits per heavy atom. The summed E-state index contributed by atoms with van der Waals surface area (Å²) in [4.78, 5) is 0. The van der Waals surface area contributed by atoms with Crippen molar-refractivity contribution < 1.29 is 4.57 Å². The average Bonchev–Trinajstić information content (AvgIpc) is 3.28. The van der Waals surface area contributed by atoms with E-state index in [1.165, 1.54) is 16.7 Å². The van der Waals surface area contributed by atoms with Crippen LogP contribution < -0.4 is 10.6 Å². The highest BCUT2D eigenvalue weighted by Crippen LogP contribution is 2.59. The Hall–Kier alpha value is -3.67. The molecule has 0 amide bonds. The highest BCUT2D eigenvalue weighted by Gasteiger charge is 2.36. The minimum absolute atomic E-state index is 0.866. The van der Waals surface area contributed by atoms with E-state index in [-0.39, 0.29) is 0 Å². The van der Waals surface area contributed by atoms with E-state index in [2.05, 4.69) is 80.6 Å². The fourth-order valence-electron chi connectivity index (χ4n) is 4.84. The van der Waals surface area contributed by atoms with Crippen LogP contribution in [0.1, 0.15) is 42.0 Å². The summed E-state index contributed by atoms with van der Waals surface area (Å²) in [7, 11) is -3.14. The van der Waals surface area contributed by atoms with Crippen LogP contribution in [0.2, 0.25) is 0 Å². The largest absolute Gasteiger partial charge is 0.309 e. The number of fused-ring (bicyclic) bond motifs is 1. The van der Waals surface area contributed by atoms with E-state index in [1.54, 1.807) is 0 Å². The molecule has 0 aliphatic heterocycles. The minimum Gasteiger partial charge on any atom is -0.309 e. The molecule has 178 valence electrons. The lowest BCUT2D eigenvalue weighted by molar-refractivity contribution is 0.591. The molecular weight excluding hydrogens is 455 g/mol. The first-order chi connectivity index (χ1) is 17.6. The van der Waals surface area contributed by atoms with Crippen molar-refractivity contribution in [3.8, 4) is 0 Å². The van der Waals surface area contributed by atoms with Gasteiger partial charge in [0, 0.05) is 15.9 Å². The Morgan fingerprint density at radius 2 is 1.33 bits per heavy atom. The molecular formula is C34H31OP. The maximum Gasteiger partial charge on any atom is 0.171 e. The summed E-state index contributed by atoms with van der Waals surface area (Å²) in [6, 6.07) is 37.1. The van der Waals surface area contributed by atoms with Crippen LogP contribution in [0.3, 0.4) is 0 Å². The number of benzene rings is 4. The van der Waals surface area contributed by atoms with Gasteiger partial charge in [0.2, 0.25) is 0 Å². The van der Waals surface area contributed by atoms with E-state index in [4.69, 9.17) is 0 Å². The zero-order valence-electron chi connectivity index (χ0n) is 20.9. The van der Waals surface area contributed by atoms with Gasteiger partial charge in [-0.05, 0) is 53.3 Å². The number of allylic oxidation sites excluding steroid dienone is 4. The van der Waals surface area contributed by atoms with Crippen LogP contribution in [-0.4, -0.2) is 0 Å². The smallest absolute Gasteiger partial charge is 0.171 e. The van der Waals surface area contributed by atoms with E-state index < -0.39 is 7.14 Å². The molecule has 1 nitrogen and oxygen atoms in total. The van der Waals surface area contributed by atoms with E-state index in [0.717, 1.165) is 45.5 Å². The predicted octanol–water partition coefficient (Wildman–Crippen LogP) is 8.63. The predicted molar refractivity (Wildman–Crippen MR) is 156 cm³/mol. The quantitative estimate of drug-likeness (QED) is 0.239. The molecule has 5 rings (SSSR count). The first-order valence-electron chi connectivity index (χ1n) is 12.6. The fraction of sp³-hybridized carbons (Fsp3) is 0.118. The SMILES string of the molecule is CCC/C=C(\C1=Cc2ccccc2/C1=C\c1ccc(C)cc1)P(=O)(c1ccccc1)c1ccccc1. The third-order valence-corrected chi connectivity index (χ3v) is 9.86. The molecule has 0 unspecified atom stereocenters. The number of rotatable bonds is 7. The number of unbranched alkanes of at least 4 members (excludes halogenated alkanes) is 1. The van der Waals surface area contributed by atoms with Gasteiger partial charge in [-0.1, -0.05) is 134 Å². The molecule has 0 heterocycles. The van der Waals surface area contributed by atoms with Gasteiger partial charge in [-0.15, -0.1) is 0 Å². The van der Waals surface area contributed by atoms with Gasteiger partial charge in [0.15, 0.2) is 7.14 Å². The second-order valence-corrected chi connectivity index (χ2v) is 12.0. The Morgan fingerprint density at radius 3 is 1.94 bits per heavy atom. The molecule has 0 atom stereocenters. The molecule has 0 saturated carbocycles. The van der Waals surface area contributed by atoms with Crippen molar-refractivity contribution in [2.75, 3.05) is 0 Å². The summed E-state index contributed by atoms with van der Waals surface area (Å²) < 4.78 is 15.5. The second-order valence-electron chi connectivity index (χ2n) is 9.27. The van der Waals surface area contributed by atoms with Gasteiger partial charge in [0.05, 0.1) is 0 Å². The topological polar surface area (TPSA) is 17.1 Å². The minimum atomic E-state index is -3.14. The molecule has 0 saturated heterocycles. The van der Waals surface area contributed by atoms with E-state index in [9.17, 15) is 0 Å². The van der Waals surface area contributed by atoms with Crippen molar-refractivity contribution in [2.45, 2.75) is 26.7 Å². The van der Waals surface area contributed by atoms with Crippen molar-refractivity contribution >= 4 is 35.5 Å². The van der Waals surface area contributed by atoms with Crippen molar-refractivity contribution in [1.29, 1.82) is 0 Å². The Kier molecular flexibility index (Phi) is 7.03. The molecule has 0 N–H and O–H groups in total. The monoisotopic (exact) mass is 486 g/mol. The highest BCUT2D eigenvalue weighted by atomic mass is 31.2. The number of aryl methyl sites for hydroxylation is 1. The van der Waals surface area contributed by atoms with Gasteiger partial charge in [0.25, 0.3) is 0 Å². The van der Waals surface area contributed by atoms with Crippen LogP contribution in [0.15, 0.2) is 126 Å². The summed E-state index contributed by atoms with van der Waals surface area (Å²) >= 11 is 0. The van der Waals surface area contributed by atoms with Crippen LogP contribution in [0, 0.1) is 6.92 Å². The average molecular weight is 487 g/mol. The number of hydrogen-bond donors (Lipinski definition) is 0. The van der Waals surface area contributed by atoms with Crippen LogP contribution in [0.5, 0.6) is 0 Å². The maximum absolute atomic E-state index is 15.5. The zero-order chi connectivity index (χ0) is 25.0. The van der Waals surface area contributed by atoms with Crippen molar-refractivity contribution in [1.82, 2.24) is 0 Å². The lowest BCUT2D eigenvalue weighted by atomic mass is 9.99. The molecule has 0 bridgehead atoms. The summed E-state index contributed by atoms with van der Waals surface area (Å²) in [5.74, 6) is 0. The summed E-state index contributed by atoms with van der Waals surface area (Å²) in [5, 5.41) is 2.66. The van der Waals surface area contributed by atoms with Crippen LogP contribution in [0.25, 0.3) is 17.7 Å². The lowest BCUT2D eigenvalue weighted by Gasteiger charge is -2.25. The van der Waals surface area contributed by atoms with Gasteiger partial charge in [-0.2, -0.15) is 0 Å². The molecule has 0 aromatic heterocycles. The lowest BCUT2D eigenvalue weighted by Crippen LogP contribution is -2.18. The molecule has 1 aliphatic rings. The Bertz CT molecular complexity index is 1450. The van der Waals surface area contributed by atoms with Crippen molar-refractivity contribution in [2.24, 2.45) is 0 Å². The first-order valence-corrected chi connectivity index (χ1v) is 14.3. The summed E-state index contributed by atoms with van der Waals surface area (Å²) in [6.45, 7) is 4.28. The molecule has 4 aromatic rings. The van der Waals surface area contributed by atoms with E-state index in [1.807, 2.05) is 60.7 Å². The third kappa shape index (κ3) is 4.60. The second kappa shape index (κ2) is 10.5. The van der Waals surface area contributed by atoms with E-state index >= 15 is 4.57 Å². The van der Waals surface area contributed by atoms with Gasteiger partial charge in [0.1, 0.15) is 0 Å². The Balaban J connectivity index is 1.77. The zero-order valence-corrected chi connectivity index (χ0v) is 21.8. The van der Waals surface area contributed by atoms with Gasteiger partial charge >= 0.3 is 0 Å². The molecule has 4 aromatic carbocycles. The first kappa shape index (κ1) is 24.0. The standard InChI is InChI=1S/C34H31OP/c1-3-4-19-34(36(35,29-14-7-5-8-15-29)30-16-9-6-10-17-30)33-25-28-13-11-12-18-31(28)32(33)24-27-22-20-26(2)21-23-27/h5-25H,3-4H2,1-2H3/b32-24+,34-19+. The normalized spacial score (nSPS) is 14.6. The highest BCUT2D eigenvalue weighted by molar-refractivity contribution is 7.82. The van der Waals surface area contributed by atoms with Crippen molar-refractivity contribution in [3.63, 3.8) is 0 Å². The van der Waals surface area contributed by atoms with Gasteiger partial charge in [-0.3, -0.25) is 0 Å². The van der Waals surface area contributed by atoms with Gasteiger partial charge in [-0.25, -0.2) is 0 Å². The van der Waals surface area contributed by atoms with Crippen LogP contribution >= 0.6 is 7.14 Å². The number of hydrogen-bond acceptors (Lipinski definition) is 1. The molecule has 0 fully saturated rings. The van der Waals surface area contributed by atoms with E-state index in [0.29, 0.717) is 0 Å². The molecule has 1 aliphatic carbocycles. The summed E-state index contributed by atoms with van der Waals surface area (Å²) in [5.41, 5.74) is 6.91. The molecule has 2 heteroatoms. The summed E-state index contributed by atoms with van der Waals surface area (Å²) in [6.07, 6.45) is 8.56. The van der Waals surface area contributed by atoms with Gasteiger partial charge < -0.3 is 4.57 Å². The van der Waals surface area contributed by atoms with Crippen LogP contribution in [0.4, 0.5) is 0 Å². The fourth-order valence-corrected chi connectivity index (χ4v) is 7.78. The van der Waals surface area contributed by atoms with Crippen molar-refractivity contribution in [3.05, 3.63) is 148 Å².